The van der Waals surface area contributed by atoms with Gasteiger partial charge in [-0.15, -0.1) is 0 Å². The van der Waals surface area contributed by atoms with Gasteiger partial charge >= 0.3 is 0 Å². The first-order valence-corrected chi connectivity index (χ1v) is 11.1. The number of rotatable bonds is 4. The van der Waals surface area contributed by atoms with Gasteiger partial charge < -0.3 is 5.32 Å². The predicted molar refractivity (Wildman–Crippen MR) is 101 cm³/mol. The zero-order valence-corrected chi connectivity index (χ0v) is 15.6. The summed E-state index contributed by atoms with van der Waals surface area (Å²) in [5.41, 5.74) is 3.75. The van der Waals surface area contributed by atoms with Crippen LogP contribution in [0.15, 0.2) is 0 Å². The highest BCUT2D eigenvalue weighted by molar-refractivity contribution is 4.90. The fourth-order valence-corrected chi connectivity index (χ4v) is 6.33. The Bertz CT molecular complexity index is 373. The maximum absolute atomic E-state index is 3.75. The lowest BCUT2D eigenvalue weighted by Gasteiger charge is -2.41. The molecule has 2 aliphatic carbocycles. The second-order valence-electron chi connectivity index (χ2n) is 9.21. The van der Waals surface area contributed by atoms with Gasteiger partial charge in [0, 0.05) is 19.1 Å². The van der Waals surface area contributed by atoms with Crippen LogP contribution in [0.1, 0.15) is 77.0 Å². The van der Waals surface area contributed by atoms with Crippen molar-refractivity contribution in [3.63, 3.8) is 0 Å². The third-order valence-electron chi connectivity index (χ3n) is 7.63. The Hall–Kier alpha value is -0.120. The Labute approximate surface area is 149 Å². The van der Waals surface area contributed by atoms with Crippen LogP contribution in [0.3, 0.4) is 0 Å². The molecular formula is C21H39N3. The molecule has 2 saturated carbocycles. The lowest BCUT2D eigenvalue weighted by molar-refractivity contribution is 0.0648. The molecule has 3 nitrogen and oxygen atoms in total. The summed E-state index contributed by atoms with van der Waals surface area (Å²) in [6, 6.07) is 0.832. The van der Waals surface area contributed by atoms with E-state index in [9.17, 15) is 0 Å². The summed E-state index contributed by atoms with van der Waals surface area (Å²) in [5, 5.41) is 6.28. The normalized spacial score (nSPS) is 40.0. The third kappa shape index (κ3) is 4.16. The second-order valence-corrected chi connectivity index (χ2v) is 9.21. The quantitative estimate of drug-likeness (QED) is 0.816. The fourth-order valence-electron chi connectivity index (χ4n) is 6.33. The molecule has 3 heteroatoms. The molecule has 4 rings (SSSR count). The average molecular weight is 334 g/mol. The summed E-state index contributed by atoms with van der Waals surface area (Å²) in [7, 11) is 0. The van der Waals surface area contributed by atoms with Crippen molar-refractivity contribution in [1.82, 2.24) is 15.8 Å². The molecule has 4 fully saturated rings. The molecule has 2 aliphatic heterocycles. The van der Waals surface area contributed by atoms with E-state index in [0.29, 0.717) is 0 Å². The van der Waals surface area contributed by atoms with E-state index in [2.05, 4.69) is 15.8 Å². The van der Waals surface area contributed by atoms with Crippen molar-refractivity contribution in [2.45, 2.75) is 83.1 Å². The fraction of sp³-hybridized carbons (Fsp3) is 1.00. The van der Waals surface area contributed by atoms with Crippen LogP contribution in [-0.4, -0.2) is 37.2 Å². The zero-order valence-electron chi connectivity index (χ0n) is 15.6. The van der Waals surface area contributed by atoms with Crippen LogP contribution in [0.25, 0.3) is 0 Å². The molecule has 4 aliphatic rings. The summed E-state index contributed by atoms with van der Waals surface area (Å²) >= 11 is 0. The Morgan fingerprint density at radius 1 is 0.708 bits per heavy atom. The van der Waals surface area contributed by atoms with Crippen molar-refractivity contribution < 1.29 is 0 Å². The van der Waals surface area contributed by atoms with Crippen LogP contribution in [0, 0.1) is 23.7 Å². The van der Waals surface area contributed by atoms with Crippen molar-refractivity contribution >= 4 is 0 Å². The Kier molecular flexibility index (Phi) is 6.13. The van der Waals surface area contributed by atoms with E-state index < -0.39 is 0 Å². The average Bonchev–Trinajstić information content (AvgIpc) is 3.12. The van der Waals surface area contributed by atoms with Crippen molar-refractivity contribution in [3.8, 4) is 0 Å². The van der Waals surface area contributed by atoms with E-state index in [-0.39, 0.29) is 0 Å². The van der Waals surface area contributed by atoms with Crippen LogP contribution in [-0.2, 0) is 0 Å². The van der Waals surface area contributed by atoms with Gasteiger partial charge in [0.15, 0.2) is 0 Å². The molecule has 0 radical (unpaired) electrons. The number of piperidine rings is 1. The molecule has 2 saturated heterocycles. The first-order chi connectivity index (χ1) is 11.9. The van der Waals surface area contributed by atoms with Crippen molar-refractivity contribution in [3.05, 3.63) is 0 Å². The first-order valence-electron chi connectivity index (χ1n) is 11.1. The van der Waals surface area contributed by atoms with Crippen LogP contribution in [0.4, 0.5) is 0 Å². The lowest BCUT2D eigenvalue weighted by Crippen LogP contribution is -2.47. The second kappa shape index (κ2) is 8.51. The minimum Gasteiger partial charge on any atom is -0.316 e. The van der Waals surface area contributed by atoms with Crippen LogP contribution >= 0.6 is 0 Å². The smallest absolute Gasteiger partial charge is 0.0284 e. The standard InChI is InChI=1S/C21H39N3/c1-2-7-18(8-3-1)19-9-4-10-20(14-19)21-11-13-23-24(21)16-17-6-5-12-22-15-17/h17-23H,1-16H2. The molecule has 0 amide bonds. The third-order valence-corrected chi connectivity index (χ3v) is 7.63. The first kappa shape index (κ1) is 17.3. The van der Waals surface area contributed by atoms with Gasteiger partial charge in [0.2, 0.25) is 0 Å². The molecule has 2 N–H and O–H groups in total. The molecule has 0 aromatic heterocycles. The molecule has 0 bridgehead atoms. The Balaban J connectivity index is 1.32. The minimum absolute atomic E-state index is 0.832. The van der Waals surface area contributed by atoms with E-state index in [1.165, 1.54) is 103 Å². The number of hydrazine groups is 1. The van der Waals surface area contributed by atoms with E-state index in [4.69, 9.17) is 0 Å². The summed E-state index contributed by atoms with van der Waals surface area (Å²) in [6.45, 7) is 4.97. The highest BCUT2D eigenvalue weighted by Gasteiger charge is 2.37. The van der Waals surface area contributed by atoms with Crippen molar-refractivity contribution in [2.75, 3.05) is 26.2 Å². The summed E-state index contributed by atoms with van der Waals surface area (Å²) in [5.74, 6) is 3.97. The molecule has 0 spiro atoms. The number of hydrogen-bond acceptors (Lipinski definition) is 3. The highest BCUT2D eigenvalue weighted by atomic mass is 15.5. The highest BCUT2D eigenvalue weighted by Crippen LogP contribution is 2.42. The number of hydrogen-bond donors (Lipinski definition) is 2. The van der Waals surface area contributed by atoms with Crippen molar-refractivity contribution in [2.24, 2.45) is 23.7 Å². The van der Waals surface area contributed by atoms with Gasteiger partial charge in [-0.2, -0.15) is 0 Å². The van der Waals surface area contributed by atoms with Gasteiger partial charge in [-0.3, -0.25) is 5.43 Å². The minimum atomic E-state index is 0.832. The number of nitrogens with zero attached hydrogens (tertiary/aromatic N) is 1. The van der Waals surface area contributed by atoms with Gasteiger partial charge in [0.25, 0.3) is 0 Å². The maximum atomic E-state index is 3.75. The van der Waals surface area contributed by atoms with Gasteiger partial charge in [-0.1, -0.05) is 44.9 Å². The van der Waals surface area contributed by atoms with E-state index in [1.807, 2.05) is 0 Å². The molecule has 0 aromatic carbocycles. The van der Waals surface area contributed by atoms with Crippen LogP contribution in [0.5, 0.6) is 0 Å². The molecule has 24 heavy (non-hydrogen) atoms. The molecule has 0 aromatic rings. The lowest BCUT2D eigenvalue weighted by atomic mass is 9.68. The Morgan fingerprint density at radius 2 is 1.54 bits per heavy atom. The van der Waals surface area contributed by atoms with E-state index in [1.54, 1.807) is 0 Å². The molecule has 2 heterocycles. The summed E-state index contributed by atoms with van der Waals surface area (Å²) in [6.07, 6.45) is 17.9. The predicted octanol–water partition coefficient (Wildman–Crippen LogP) is 3.95. The molecule has 138 valence electrons. The number of nitrogens with one attached hydrogen (secondary N) is 2. The molecule has 4 atom stereocenters. The monoisotopic (exact) mass is 333 g/mol. The van der Waals surface area contributed by atoms with Crippen LogP contribution in [0.2, 0.25) is 0 Å². The van der Waals surface area contributed by atoms with Gasteiger partial charge in [-0.05, 0) is 68.9 Å². The summed E-state index contributed by atoms with van der Waals surface area (Å²) in [4.78, 5) is 0. The van der Waals surface area contributed by atoms with E-state index in [0.717, 1.165) is 29.7 Å². The SMILES string of the molecule is C1CCC(C2CCCC(C3CCNN3CC3CCCNC3)C2)CC1. The van der Waals surface area contributed by atoms with Gasteiger partial charge in [0.1, 0.15) is 0 Å². The Morgan fingerprint density at radius 3 is 2.38 bits per heavy atom. The maximum Gasteiger partial charge on any atom is 0.0284 e. The molecular weight excluding hydrogens is 294 g/mol. The summed E-state index contributed by atoms with van der Waals surface area (Å²) < 4.78 is 0. The molecule has 4 unspecified atom stereocenters. The van der Waals surface area contributed by atoms with Crippen molar-refractivity contribution in [1.29, 1.82) is 0 Å². The van der Waals surface area contributed by atoms with E-state index >= 15 is 0 Å². The van der Waals surface area contributed by atoms with Crippen LogP contribution < -0.4 is 10.7 Å². The topological polar surface area (TPSA) is 27.3 Å². The zero-order chi connectivity index (χ0) is 16.2. The van der Waals surface area contributed by atoms with Gasteiger partial charge in [-0.25, -0.2) is 5.01 Å². The van der Waals surface area contributed by atoms with Gasteiger partial charge in [0.05, 0.1) is 0 Å². The largest absolute Gasteiger partial charge is 0.316 e.